The maximum Gasteiger partial charge on any atom is 0.148 e. The van der Waals surface area contributed by atoms with Crippen molar-refractivity contribution in [3.05, 3.63) is 24.0 Å². The van der Waals surface area contributed by atoms with Gasteiger partial charge in [0.05, 0.1) is 5.69 Å². The van der Waals surface area contributed by atoms with E-state index >= 15 is 0 Å². The summed E-state index contributed by atoms with van der Waals surface area (Å²) in [5.74, 6) is -0.152. The van der Waals surface area contributed by atoms with Crippen LogP contribution in [0.25, 0.3) is 0 Å². The Hall–Kier alpha value is -1.29. The topological polar surface area (TPSA) is 27.3 Å². The number of halogens is 1. The molecule has 1 aliphatic rings. The number of piperazine rings is 1. The zero-order valence-electron chi connectivity index (χ0n) is 13.1. The van der Waals surface area contributed by atoms with Gasteiger partial charge in [-0.05, 0) is 52.8 Å². The summed E-state index contributed by atoms with van der Waals surface area (Å²) in [6.45, 7) is 12.2. The predicted octanol–water partition coefficient (Wildman–Crippen LogP) is 3.22. The van der Waals surface area contributed by atoms with Crippen LogP contribution in [0.5, 0.6) is 0 Å². The molecule has 20 heavy (non-hydrogen) atoms. The summed E-state index contributed by atoms with van der Waals surface area (Å²) in [5.41, 5.74) is 1.46. The van der Waals surface area contributed by atoms with E-state index in [4.69, 9.17) is 0 Å². The Morgan fingerprint density at radius 1 is 1.20 bits per heavy atom. The molecule has 4 heteroatoms. The lowest BCUT2D eigenvalue weighted by atomic mass is 10.1. The van der Waals surface area contributed by atoms with Gasteiger partial charge in [-0.15, -0.1) is 0 Å². The molecule has 2 atom stereocenters. The quantitative estimate of drug-likeness (QED) is 0.870. The highest BCUT2D eigenvalue weighted by molar-refractivity contribution is 5.57. The molecule has 0 saturated carbocycles. The number of nitrogens with one attached hydrogen (secondary N) is 2. The average Bonchev–Trinajstić information content (AvgIpc) is 2.25. The highest BCUT2D eigenvalue weighted by atomic mass is 19.1. The molecule has 0 aliphatic carbocycles. The minimum atomic E-state index is -0.152. The maximum absolute atomic E-state index is 14.4. The van der Waals surface area contributed by atoms with Crippen LogP contribution in [-0.2, 0) is 0 Å². The molecule has 1 aliphatic heterocycles. The second-order valence-electron chi connectivity index (χ2n) is 6.91. The van der Waals surface area contributed by atoms with E-state index in [9.17, 15) is 4.39 Å². The first-order valence-corrected chi connectivity index (χ1v) is 7.33. The zero-order valence-corrected chi connectivity index (χ0v) is 13.1. The second-order valence-corrected chi connectivity index (χ2v) is 6.91. The number of benzene rings is 1. The summed E-state index contributed by atoms with van der Waals surface area (Å²) in [5, 5.41) is 6.76. The van der Waals surface area contributed by atoms with Crippen molar-refractivity contribution in [3.63, 3.8) is 0 Å². The first-order chi connectivity index (χ1) is 9.24. The van der Waals surface area contributed by atoms with E-state index < -0.39 is 0 Å². The summed E-state index contributed by atoms with van der Waals surface area (Å²) < 4.78 is 14.4. The van der Waals surface area contributed by atoms with Gasteiger partial charge in [-0.3, -0.25) is 0 Å². The number of anilines is 2. The fraction of sp³-hybridized carbons (Fsp3) is 0.625. The lowest BCUT2D eigenvalue weighted by molar-refractivity contribution is 0.404. The summed E-state index contributed by atoms with van der Waals surface area (Å²) >= 11 is 0. The average molecular weight is 279 g/mol. The second kappa shape index (κ2) is 5.60. The maximum atomic E-state index is 14.4. The third kappa shape index (κ3) is 3.85. The van der Waals surface area contributed by atoms with Crippen molar-refractivity contribution in [1.29, 1.82) is 0 Å². The van der Waals surface area contributed by atoms with Crippen molar-refractivity contribution in [3.8, 4) is 0 Å². The van der Waals surface area contributed by atoms with Gasteiger partial charge in [-0.2, -0.15) is 0 Å². The molecule has 1 aromatic rings. The molecule has 1 aromatic carbocycles. The van der Waals surface area contributed by atoms with Crippen LogP contribution in [0.2, 0.25) is 0 Å². The first kappa shape index (κ1) is 15.1. The summed E-state index contributed by atoms with van der Waals surface area (Å²) in [6.07, 6.45) is 0. The van der Waals surface area contributed by atoms with Gasteiger partial charge in [-0.25, -0.2) is 4.39 Å². The van der Waals surface area contributed by atoms with Gasteiger partial charge < -0.3 is 15.5 Å². The van der Waals surface area contributed by atoms with Crippen LogP contribution >= 0.6 is 0 Å². The molecule has 112 valence electrons. The molecule has 0 spiro atoms. The minimum absolute atomic E-state index is 0.0635. The van der Waals surface area contributed by atoms with E-state index in [2.05, 4.69) is 50.2 Å². The van der Waals surface area contributed by atoms with Gasteiger partial charge in [-0.1, -0.05) is 0 Å². The third-order valence-electron chi connectivity index (χ3n) is 3.37. The van der Waals surface area contributed by atoms with Crippen LogP contribution in [0, 0.1) is 5.82 Å². The van der Waals surface area contributed by atoms with E-state index in [1.165, 1.54) is 0 Å². The number of hydrogen-bond acceptors (Lipinski definition) is 3. The van der Waals surface area contributed by atoms with Crippen LogP contribution in [0.3, 0.4) is 0 Å². The Kier molecular flexibility index (Phi) is 4.23. The molecule has 2 N–H and O–H groups in total. The fourth-order valence-corrected chi connectivity index (χ4v) is 2.80. The van der Waals surface area contributed by atoms with Gasteiger partial charge in [0.25, 0.3) is 0 Å². The number of nitrogens with zero attached hydrogens (tertiary/aromatic N) is 1. The molecular formula is C16H26FN3. The van der Waals surface area contributed by atoms with Gasteiger partial charge >= 0.3 is 0 Å². The molecule has 0 bridgehead atoms. The van der Waals surface area contributed by atoms with Gasteiger partial charge in [0.1, 0.15) is 5.82 Å². The molecule has 0 amide bonds. The molecule has 1 heterocycles. The Morgan fingerprint density at radius 2 is 1.80 bits per heavy atom. The van der Waals surface area contributed by atoms with Gasteiger partial charge in [0.2, 0.25) is 0 Å². The van der Waals surface area contributed by atoms with Crippen molar-refractivity contribution in [1.82, 2.24) is 5.32 Å². The molecule has 0 unspecified atom stereocenters. The van der Waals surface area contributed by atoms with E-state index in [1.54, 1.807) is 6.07 Å². The monoisotopic (exact) mass is 279 g/mol. The van der Waals surface area contributed by atoms with Crippen molar-refractivity contribution >= 4 is 11.4 Å². The van der Waals surface area contributed by atoms with Crippen LogP contribution in [0.15, 0.2) is 18.2 Å². The lowest BCUT2D eigenvalue weighted by Crippen LogP contribution is -2.54. The molecule has 0 aromatic heterocycles. The van der Waals surface area contributed by atoms with Crippen molar-refractivity contribution in [2.75, 3.05) is 23.3 Å². The Morgan fingerprint density at radius 3 is 2.30 bits per heavy atom. The smallest absolute Gasteiger partial charge is 0.148 e. The van der Waals surface area contributed by atoms with Crippen LogP contribution in [0.4, 0.5) is 15.8 Å². The largest absolute Gasteiger partial charge is 0.380 e. The SMILES string of the molecule is C[C@@H]1CN(c2ccc(NC(C)(C)C)cc2F)C[C@H](C)N1. The predicted molar refractivity (Wildman–Crippen MR) is 84.0 cm³/mol. The van der Waals surface area contributed by atoms with Crippen molar-refractivity contribution < 1.29 is 4.39 Å². The summed E-state index contributed by atoms with van der Waals surface area (Å²) in [4.78, 5) is 2.13. The van der Waals surface area contributed by atoms with E-state index in [0.29, 0.717) is 17.8 Å². The Bertz CT molecular complexity index is 457. The van der Waals surface area contributed by atoms with Gasteiger partial charge in [0.15, 0.2) is 0 Å². The normalized spacial score (nSPS) is 23.8. The molecule has 1 fully saturated rings. The molecular weight excluding hydrogens is 253 g/mol. The highest BCUT2D eigenvalue weighted by Gasteiger charge is 2.23. The fourth-order valence-electron chi connectivity index (χ4n) is 2.80. The van der Waals surface area contributed by atoms with E-state index in [0.717, 1.165) is 18.8 Å². The van der Waals surface area contributed by atoms with Gasteiger partial charge in [0, 0.05) is 36.4 Å². The van der Waals surface area contributed by atoms with Crippen LogP contribution in [-0.4, -0.2) is 30.7 Å². The number of hydrogen-bond donors (Lipinski definition) is 2. The molecule has 0 radical (unpaired) electrons. The van der Waals surface area contributed by atoms with Crippen LogP contribution in [0.1, 0.15) is 34.6 Å². The Balaban J connectivity index is 2.17. The molecule has 1 saturated heterocycles. The Labute approximate surface area is 121 Å². The van der Waals surface area contributed by atoms with E-state index in [1.807, 2.05) is 12.1 Å². The lowest BCUT2D eigenvalue weighted by Gasteiger charge is -2.38. The standard InChI is InChI=1S/C16H26FN3/c1-11-9-20(10-12(2)18-11)15-7-6-13(8-14(15)17)19-16(3,4)5/h6-8,11-12,18-19H,9-10H2,1-5H3/t11-,12+. The first-order valence-electron chi connectivity index (χ1n) is 7.33. The van der Waals surface area contributed by atoms with Crippen molar-refractivity contribution in [2.45, 2.75) is 52.2 Å². The van der Waals surface area contributed by atoms with E-state index in [-0.39, 0.29) is 11.4 Å². The third-order valence-corrected chi connectivity index (χ3v) is 3.37. The molecule has 3 nitrogen and oxygen atoms in total. The van der Waals surface area contributed by atoms with Crippen LogP contribution < -0.4 is 15.5 Å². The zero-order chi connectivity index (χ0) is 14.9. The van der Waals surface area contributed by atoms with Crippen molar-refractivity contribution in [2.24, 2.45) is 0 Å². The number of rotatable bonds is 2. The highest BCUT2D eigenvalue weighted by Crippen LogP contribution is 2.26. The minimum Gasteiger partial charge on any atom is -0.380 e. The summed E-state index contributed by atoms with van der Waals surface area (Å²) in [7, 11) is 0. The summed E-state index contributed by atoms with van der Waals surface area (Å²) in [6, 6.07) is 6.20. The molecule has 2 rings (SSSR count).